The van der Waals surface area contributed by atoms with Crippen molar-refractivity contribution in [2.75, 3.05) is 6.61 Å². The van der Waals surface area contributed by atoms with Crippen LogP contribution >= 0.6 is 12.4 Å². The first kappa shape index (κ1) is 16.1. The van der Waals surface area contributed by atoms with Gasteiger partial charge in [0.1, 0.15) is 0 Å². The van der Waals surface area contributed by atoms with Crippen LogP contribution in [0.2, 0.25) is 0 Å². The van der Waals surface area contributed by atoms with Gasteiger partial charge >= 0.3 is 0 Å². The molecule has 0 aromatic heterocycles. The van der Waals surface area contributed by atoms with Gasteiger partial charge in [-0.25, -0.2) is 4.39 Å². The predicted octanol–water partition coefficient (Wildman–Crippen LogP) is 3.07. The summed E-state index contributed by atoms with van der Waals surface area (Å²) in [6.07, 6.45) is 1.25. The highest BCUT2D eigenvalue weighted by atomic mass is 35.5. The number of nitrogens with two attached hydrogens (primary N) is 1. The molecule has 0 aliphatic rings. The van der Waals surface area contributed by atoms with E-state index in [0.717, 1.165) is 12.5 Å². The van der Waals surface area contributed by atoms with Gasteiger partial charge in [0.25, 0.3) is 0 Å². The maximum absolute atomic E-state index is 13.3. The van der Waals surface area contributed by atoms with E-state index < -0.39 is 11.6 Å². The summed E-state index contributed by atoms with van der Waals surface area (Å²) in [4.78, 5) is 0. The first-order valence-corrected chi connectivity index (χ1v) is 5.41. The van der Waals surface area contributed by atoms with Gasteiger partial charge in [-0.1, -0.05) is 6.92 Å². The van der Waals surface area contributed by atoms with Crippen LogP contribution in [0, 0.1) is 11.6 Å². The molecule has 98 valence electrons. The molecule has 0 spiro atoms. The second-order valence-electron chi connectivity index (χ2n) is 3.92. The largest absolute Gasteiger partial charge is 0.490 e. The van der Waals surface area contributed by atoms with Crippen LogP contribution in [0.15, 0.2) is 12.1 Å². The smallest absolute Gasteiger partial charge is 0.200 e. The van der Waals surface area contributed by atoms with E-state index in [-0.39, 0.29) is 24.2 Å². The first-order valence-electron chi connectivity index (χ1n) is 5.41. The van der Waals surface area contributed by atoms with E-state index in [4.69, 9.17) is 10.5 Å². The molecule has 0 aliphatic carbocycles. The fraction of sp³-hybridized carbons (Fsp3) is 0.500. The van der Waals surface area contributed by atoms with Gasteiger partial charge in [0.05, 0.1) is 6.61 Å². The Labute approximate surface area is 107 Å². The molecule has 1 aromatic carbocycles. The Kier molecular flexibility index (Phi) is 7.07. The molecule has 5 heteroatoms. The highest BCUT2D eigenvalue weighted by Crippen LogP contribution is 2.23. The average Bonchev–Trinajstić information content (AvgIpc) is 2.20. The highest BCUT2D eigenvalue weighted by Gasteiger charge is 2.12. The van der Waals surface area contributed by atoms with Gasteiger partial charge in [0.15, 0.2) is 11.6 Å². The Bertz CT molecular complexity index is 359. The maximum atomic E-state index is 13.3. The fourth-order valence-electron chi connectivity index (χ4n) is 1.42. The van der Waals surface area contributed by atoms with Gasteiger partial charge < -0.3 is 10.5 Å². The van der Waals surface area contributed by atoms with E-state index in [0.29, 0.717) is 18.6 Å². The Morgan fingerprint density at radius 3 is 2.53 bits per heavy atom. The third-order valence-electron chi connectivity index (χ3n) is 2.07. The van der Waals surface area contributed by atoms with Gasteiger partial charge in [0, 0.05) is 6.04 Å². The number of hydrogen-bond donors (Lipinski definition) is 1. The van der Waals surface area contributed by atoms with Crippen LogP contribution in [-0.4, -0.2) is 12.6 Å². The van der Waals surface area contributed by atoms with Crippen LogP contribution in [-0.2, 0) is 6.42 Å². The van der Waals surface area contributed by atoms with Gasteiger partial charge in [-0.3, -0.25) is 0 Å². The lowest BCUT2D eigenvalue weighted by atomic mass is 10.1. The lowest BCUT2D eigenvalue weighted by molar-refractivity contribution is 0.294. The minimum atomic E-state index is -0.929. The number of benzene rings is 1. The van der Waals surface area contributed by atoms with Crippen molar-refractivity contribution in [3.63, 3.8) is 0 Å². The monoisotopic (exact) mass is 265 g/mol. The molecule has 1 unspecified atom stereocenters. The van der Waals surface area contributed by atoms with Gasteiger partial charge in [0.2, 0.25) is 5.82 Å². The molecule has 0 saturated carbocycles. The number of halogens is 3. The fourth-order valence-corrected chi connectivity index (χ4v) is 1.42. The van der Waals surface area contributed by atoms with Gasteiger partial charge in [-0.15, -0.1) is 12.4 Å². The lowest BCUT2D eigenvalue weighted by Gasteiger charge is -2.10. The van der Waals surface area contributed by atoms with Crippen molar-refractivity contribution in [2.24, 2.45) is 5.73 Å². The van der Waals surface area contributed by atoms with Gasteiger partial charge in [-0.2, -0.15) is 4.39 Å². The standard InChI is InChI=1S/C12H17F2NO.ClH/c1-3-4-16-11-7-9(5-8(2)15)6-10(13)12(11)14;/h6-8H,3-5,15H2,1-2H3;1H. The summed E-state index contributed by atoms with van der Waals surface area (Å²) in [6, 6.07) is 2.58. The molecule has 1 aromatic rings. The summed E-state index contributed by atoms with van der Waals surface area (Å²) in [5.74, 6) is -1.84. The summed E-state index contributed by atoms with van der Waals surface area (Å²) < 4.78 is 31.7. The molecule has 0 bridgehead atoms. The topological polar surface area (TPSA) is 35.2 Å². The SMILES string of the molecule is CCCOc1cc(CC(C)N)cc(F)c1F.Cl. The molecule has 2 N–H and O–H groups in total. The minimum Gasteiger partial charge on any atom is -0.490 e. The van der Waals surface area contributed by atoms with Crippen molar-refractivity contribution < 1.29 is 13.5 Å². The third-order valence-corrected chi connectivity index (χ3v) is 2.07. The molecule has 2 nitrogen and oxygen atoms in total. The predicted molar refractivity (Wildman–Crippen MR) is 66.7 cm³/mol. The lowest BCUT2D eigenvalue weighted by Crippen LogP contribution is -2.18. The molecular weight excluding hydrogens is 248 g/mol. The van der Waals surface area contributed by atoms with E-state index >= 15 is 0 Å². The summed E-state index contributed by atoms with van der Waals surface area (Å²) >= 11 is 0. The molecule has 0 amide bonds. The molecule has 0 fully saturated rings. The summed E-state index contributed by atoms with van der Waals surface area (Å²) in [7, 11) is 0. The average molecular weight is 266 g/mol. The molecule has 0 heterocycles. The maximum Gasteiger partial charge on any atom is 0.200 e. The van der Waals surface area contributed by atoms with Crippen LogP contribution in [0.25, 0.3) is 0 Å². The zero-order valence-electron chi connectivity index (χ0n) is 10.0. The zero-order valence-corrected chi connectivity index (χ0v) is 10.8. The van der Waals surface area contributed by atoms with Crippen molar-refractivity contribution >= 4 is 12.4 Å². The van der Waals surface area contributed by atoms with E-state index in [1.54, 1.807) is 0 Å². The molecule has 1 rings (SSSR count). The number of rotatable bonds is 5. The van der Waals surface area contributed by atoms with E-state index in [1.165, 1.54) is 6.07 Å². The van der Waals surface area contributed by atoms with Crippen molar-refractivity contribution in [3.8, 4) is 5.75 Å². The number of hydrogen-bond acceptors (Lipinski definition) is 2. The second kappa shape index (κ2) is 7.45. The highest BCUT2D eigenvalue weighted by molar-refractivity contribution is 5.85. The van der Waals surface area contributed by atoms with Crippen LogP contribution in [0.5, 0.6) is 5.75 Å². The van der Waals surface area contributed by atoms with E-state index in [9.17, 15) is 8.78 Å². The van der Waals surface area contributed by atoms with Crippen molar-refractivity contribution in [3.05, 3.63) is 29.3 Å². The van der Waals surface area contributed by atoms with Gasteiger partial charge in [-0.05, 0) is 37.5 Å². The molecule has 0 radical (unpaired) electrons. The van der Waals surface area contributed by atoms with E-state index in [1.807, 2.05) is 13.8 Å². The molecule has 0 saturated heterocycles. The first-order chi connectivity index (χ1) is 7.54. The minimum absolute atomic E-state index is 0. The quantitative estimate of drug-likeness (QED) is 0.888. The molecule has 0 aliphatic heterocycles. The van der Waals surface area contributed by atoms with Crippen LogP contribution < -0.4 is 10.5 Å². The summed E-state index contributed by atoms with van der Waals surface area (Å²) in [5, 5.41) is 0. The Morgan fingerprint density at radius 2 is 2.00 bits per heavy atom. The number of ether oxygens (including phenoxy) is 1. The van der Waals surface area contributed by atoms with Crippen LogP contribution in [0.3, 0.4) is 0 Å². The van der Waals surface area contributed by atoms with Crippen molar-refractivity contribution in [2.45, 2.75) is 32.7 Å². The Balaban J connectivity index is 0.00000256. The molecule has 1 atom stereocenters. The van der Waals surface area contributed by atoms with E-state index in [2.05, 4.69) is 0 Å². The van der Waals surface area contributed by atoms with Crippen molar-refractivity contribution in [1.82, 2.24) is 0 Å². The zero-order chi connectivity index (χ0) is 12.1. The van der Waals surface area contributed by atoms with Crippen LogP contribution in [0.1, 0.15) is 25.8 Å². The third kappa shape index (κ3) is 4.88. The Hall–Kier alpha value is -0.870. The molecular formula is C12H18ClF2NO. The second-order valence-corrected chi connectivity index (χ2v) is 3.92. The summed E-state index contributed by atoms with van der Waals surface area (Å²) in [6.45, 7) is 4.09. The van der Waals surface area contributed by atoms with Crippen molar-refractivity contribution in [1.29, 1.82) is 0 Å². The van der Waals surface area contributed by atoms with Crippen LogP contribution in [0.4, 0.5) is 8.78 Å². The normalized spacial score (nSPS) is 11.8. The Morgan fingerprint density at radius 1 is 1.35 bits per heavy atom. The molecule has 17 heavy (non-hydrogen) atoms. The summed E-state index contributed by atoms with van der Waals surface area (Å²) in [5.41, 5.74) is 6.26.